The molecular weight excluding hydrogens is 813 g/mol. The maximum Gasteiger partial charge on any atom is 0.343 e. The van der Waals surface area contributed by atoms with Gasteiger partial charge in [0, 0.05) is 48.1 Å². The van der Waals surface area contributed by atoms with E-state index >= 15 is 0 Å². The van der Waals surface area contributed by atoms with E-state index in [0.29, 0.717) is 35.7 Å². The summed E-state index contributed by atoms with van der Waals surface area (Å²) in [5.41, 5.74) is 9.28. The number of aliphatic carboxylic acids is 2. The summed E-state index contributed by atoms with van der Waals surface area (Å²) in [6.07, 6.45) is 13.1. The third kappa shape index (κ3) is 12.3. The Bertz CT molecular complexity index is 2540. The highest BCUT2D eigenvalue weighted by Crippen LogP contribution is 2.39. The summed E-state index contributed by atoms with van der Waals surface area (Å²) in [4.78, 5) is 34.9. The zero-order chi connectivity index (χ0) is 45.4. The van der Waals surface area contributed by atoms with Crippen molar-refractivity contribution >= 4 is 34.9 Å². The average molecular weight is 872 g/mol. The molecule has 2 heterocycles. The van der Waals surface area contributed by atoms with Gasteiger partial charge in [-0.05, 0) is 92.5 Å². The zero-order valence-electron chi connectivity index (χ0n) is 37.1. The van der Waals surface area contributed by atoms with Gasteiger partial charge in [-0.2, -0.15) is 5.10 Å². The summed E-state index contributed by atoms with van der Waals surface area (Å²) in [5.74, 6) is -1.64. The van der Waals surface area contributed by atoms with Crippen LogP contribution >= 0.6 is 0 Å². The zero-order valence-corrected chi connectivity index (χ0v) is 37.1. The summed E-state index contributed by atoms with van der Waals surface area (Å²) in [6.45, 7) is 2.80. The lowest BCUT2D eigenvalue weighted by Crippen LogP contribution is -2.36. The van der Waals surface area contributed by atoms with Gasteiger partial charge in [0.05, 0.1) is 23.8 Å². The second kappa shape index (κ2) is 22.5. The number of hydrogen-bond acceptors (Lipinski definition) is 6. The second-order valence-corrected chi connectivity index (χ2v) is 16.7. The molecular formula is C54H59N6O5+. The first-order valence-corrected chi connectivity index (χ1v) is 22.8. The van der Waals surface area contributed by atoms with Crippen LogP contribution in [0, 0.1) is 5.92 Å². The number of carbonyl (C=O) groups is 3. The number of para-hydroxylation sites is 2. The molecule has 1 amide bonds. The van der Waals surface area contributed by atoms with Crippen LogP contribution < -0.4 is 15.2 Å². The number of aryl methyl sites for hydroxylation is 3. The van der Waals surface area contributed by atoms with Gasteiger partial charge in [0.25, 0.3) is 5.91 Å². The van der Waals surface area contributed by atoms with Crippen molar-refractivity contribution in [2.24, 2.45) is 11.0 Å². The first kappa shape index (κ1) is 45.9. The minimum Gasteiger partial charge on any atom is -0.481 e. The number of carbonyl (C=O) groups excluding carboxylic acids is 1. The molecule has 6 aromatic rings. The molecule has 11 nitrogen and oxygen atoms in total. The van der Waals surface area contributed by atoms with E-state index in [1.165, 1.54) is 36.0 Å². The molecule has 8 rings (SSSR count). The summed E-state index contributed by atoms with van der Waals surface area (Å²) in [7, 11) is 0. The van der Waals surface area contributed by atoms with Crippen LogP contribution in [0.3, 0.4) is 0 Å². The van der Waals surface area contributed by atoms with Crippen molar-refractivity contribution < 1.29 is 24.6 Å². The van der Waals surface area contributed by atoms with E-state index < -0.39 is 11.9 Å². The average Bonchev–Trinajstić information content (AvgIpc) is 3.97. The molecule has 1 aromatic heterocycles. The third-order valence-corrected chi connectivity index (χ3v) is 12.2. The minimum absolute atomic E-state index is 0.0915. The van der Waals surface area contributed by atoms with Crippen molar-refractivity contribution in [3.05, 3.63) is 192 Å². The molecule has 0 radical (unpaired) electrons. The highest BCUT2D eigenvalue weighted by molar-refractivity contribution is 6.20. The number of nitrogens with one attached hydrogen (secondary N) is 2. The fraction of sp³-hybridized carbons (Fsp3) is 0.278. The Balaban J connectivity index is 0.000000223. The molecule has 0 spiro atoms. The largest absolute Gasteiger partial charge is 0.481 e. The number of carboxylic acids is 2. The number of amides is 1. The lowest BCUT2D eigenvalue weighted by molar-refractivity contribution is -0.137. The Morgan fingerprint density at radius 2 is 1.31 bits per heavy atom. The first-order valence-electron chi connectivity index (χ1n) is 22.8. The van der Waals surface area contributed by atoms with Crippen molar-refractivity contribution in [1.29, 1.82) is 0 Å². The number of rotatable bonds is 18. The third-order valence-electron chi connectivity index (χ3n) is 12.2. The van der Waals surface area contributed by atoms with Gasteiger partial charge in [-0.3, -0.25) is 9.59 Å². The van der Waals surface area contributed by atoms with Gasteiger partial charge in [-0.15, -0.1) is 4.59 Å². The van der Waals surface area contributed by atoms with Gasteiger partial charge in [0.1, 0.15) is 24.0 Å². The smallest absolute Gasteiger partial charge is 0.343 e. The number of nitrogens with zero attached hydrogens (tertiary/aromatic N) is 4. The van der Waals surface area contributed by atoms with Crippen molar-refractivity contribution in [2.45, 2.75) is 77.2 Å². The number of anilines is 1. The Morgan fingerprint density at radius 3 is 1.89 bits per heavy atom. The molecule has 2 atom stereocenters. The predicted octanol–water partition coefficient (Wildman–Crippen LogP) is 10.6. The molecule has 0 bridgehead atoms. The molecule has 1 fully saturated rings. The normalized spacial score (nSPS) is 16.3. The molecule has 334 valence electrons. The Labute approximate surface area is 381 Å². The molecule has 2 aliphatic rings. The fourth-order valence-electron chi connectivity index (χ4n) is 8.72. The van der Waals surface area contributed by atoms with E-state index in [1.807, 2.05) is 96.5 Å². The van der Waals surface area contributed by atoms with E-state index in [0.717, 1.165) is 54.9 Å². The lowest BCUT2D eigenvalue weighted by Gasteiger charge is -2.32. The molecule has 5 aromatic carbocycles. The van der Waals surface area contributed by atoms with Crippen LogP contribution in [-0.4, -0.2) is 56.6 Å². The van der Waals surface area contributed by atoms with Crippen LogP contribution in [0.25, 0.3) is 5.69 Å². The standard InChI is InChI=1S/C34H38N4O3.C20H20N2O2/c39-32(40)22-23-35-34(41)27-17-19-28(20-18-27)36-33(26-12-6-2-7-13-26)30-24-38(29-14-8-3-9-15-29)37-31(30)21-16-25-10-4-1-5-11-25;1-2-22(17-11-7-4-8-12-17)15-18(20(23)24)19(21-22)14-13-16-9-5-3-6-10-16/h1,3-5,8-11,14-15,17-20,24,26,33,36H,2,6-7,12-13,16,21-23H2,(H,35,41)(H,39,40);3-12,15H,2,13-14H2,1H3/p+1. The van der Waals surface area contributed by atoms with Crippen LogP contribution in [-0.2, 0) is 28.9 Å². The van der Waals surface area contributed by atoms with Gasteiger partial charge >= 0.3 is 11.9 Å². The Hall–Kier alpha value is -7.11. The number of hydrogen-bond donors (Lipinski definition) is 4. The van der Waals surface area contributed by atoms with Crippen LogP contribution in [0.5, 0.6) is 0 Å². The number of quaternary nitrogens is 1. The van der Waals surface area contributed by atoms with Crippen LogP contribution in [0.15, 0.2) is 169 Å². The number of benzene rings is 5. The van der Waals surface area contributed by atoms with Gasteiger partial charge in [0.2, 0.25) is 0 Å². The van der Waals surface area contributed by atoms with E-state index in [1.54, 1.807) is 18.3 Å². The molecule has 2 unspecified atom stereocenters. The molecule has 65 heavy (non-hydrogen) atoms. The van der Waals surface area contributed by atoms with E-state index in [4.69, 9.17) is 15.3 Å². The van der Waals surface area contributed by atoms with E-state index in [-0.39, 0.29) is 29.5 Å². The molecule has 4 N–H and O–H groups in total. The van der Waals surface area contributed by atoms with Crippen molar-refractivity contribution in [2.75, 3.05) is 18.4 Å². The topological polar surface area (TPSA) is 146 Å². The quantitative estimate of drug-likeness (QED) is 0.0629. The maximum absolute atomic E-state index is 12.5. The SMILES string of the molecule is CC[N+]1(c2ccccc2)C=C(C(=O)O)C(CCc2ccccc2)=N1.O=C(O)CCNC(=O)c1ccc(NC(c2cn(-c3ccccc3)nc2CCc2ccccc2)C2CCCCC2)cc1. The molecule has 1 aliphatic carbocycles. The second-order valence-electron chi connectivity index (χ2n) is 16.7. The monoisotopic (exact) mass is 871 g/mol. The van der Waals surface area contributed by atoms with Gasteiger partial charge in [0.15, 0.2) is 5.69 Å². The molecule has 1 aliphatic heterocycles. The summed E-state index contributed by atoms with van der Waals surface area (Å²) in [5, 5.41) is 34.8. The summed E-state index contributed by atoms with van der Waals surface area (Å²) < 4.78 is 2.23. The lowest BCUT2D eigenvalue weighted by atomic mass is 9.80. The minimum atomic E-state index is -0.933. The van der Waals surface area contributed by atoms with Crippen molar-refractivity contribution in [3.8, 4) is 5.69 Å². The van der Waals surface area contributed by atoms with Gasteiger partial charge < -0.3 is 20.8 Å². The molecule has 11 heteroatoms. The highest BCUT2D eigenvalue weighted by Gasteiger charge is 2.38. The summed E-state index contributed by atoms with van der Waals surface area (Å²) >= 11 is 0. The molecule has 1 saturated carbocycles. The van der Waals surface area contributed by atoms with Crippen LogP contribution in [0.2, 0.25) is 0 Å². The van der Waals surface area contributed by atoms with E-state index in [9.17, 15) is 19.5 Å². The Morgan fingerprint density at radius 1 is 0.723 bits per heavy atom. The fourth-order valence-corrected chi connectivity index (χ4v) is 8.72. The predicted molar refractivity (Wildman–Crippen MR) is 258 cm³/mol. The maximum atomic E-state index is 12.5. The number of aromatic nitrogens is 2. The van der Waals surface area contributed by atoms with Gasteiger partial charge in [-0.1, -0.05) is 121 Å². The highest BCUT2D eigenvalue weighted by atomic mass is 16.4. The van der Waals surface area contributed by atoms with Crippen molar-refractivity contribution in [1.82, 2.24) is 19.7 Å². The van der Waals surface area contributed by atoms with Crippen LogP contribution in [0.1, 0.15) is 90.7 Å². The first-order chi connectivity index (χ1) is 31.7. The van der Waals surface area contributed by atoms with Crippen molar-refractivity contribution in [3.63, 3.8) is 0 Å². The van der Waals surface area contributed by atoms with E-state index in [2.05, 4.69) is 65.4 Å². The molecule has 0 saturated heterocycles. The Kier molecular flexibility index (Phi) is 15.9. The van der Waals surface area contributed by atoms with Crippen LogP contribution in [0.4, 0.5) is 11.4 Å². The number of carboxylic acid groups (broad SMARTS) is 2. The summed E-state index contributed by atoms with van der Waals surface area (Å²) in [6, 6.07) is 48.3. The van der Waals surface area contributed by atoms with Gasteiger partial charge in [-0.25, -0.2) is 9.48 Å².